The smallest absolute Gasteiger partial charge is 0.217 e. The van der Waals surface area contributed by atoms with Crippen LogP contribution in [0.5, 0.6) is 0 Å². The lowest BCUT2D eigenvalue weighted by molar-refractivity contribution is 0.134. The van der Waals surface area contributed by atoms with Crippen molar-refractivity contribution >= 4 is 0 Å². The van der Waals surface area contributed by atoms with Crippen molar-refractivity contribution in [3.8, 4) is 12.1 Å². The molecule has 2 aromatic rings. The average molecular weight is 265 g/mol. The van der Waals surface area contributed by atoms with E-state index in [0.29, 0.717) is 11.3 Å². The molecular formula is C16H15N3O. The van der Waals surface area contributed by atoms with Crippen LogP contribution in [0.4, 0.5) is 0 Å². The first-order chi connectivity index (χ1) is 9.52. The Labute approximate surface area is 118 Å². The molecule has 0 spiro atoms. The molecule has 0 bridgehead atoms. The van der Waals surface area contributed by atoms with Gasteiger partial charge in [0.15, 0.2) is 0 Å². The van der Waals surface area contributed by atoms with Crippen molar-refractivity contribution in [1.29, 1.82) is 10.5 Å². The summed E-state index contributed by atoms with van der Waals surface area (Å²) in [5, 5.41) is 29.0. The van der Waals surface area contributed by atoms with Crippen molar-refractivity contribution < 1.29 is 5.11 Å². The number of nitriles is 2. The minimum absolute atomic E-state index is 0.242. The van der Waals surface area contributed by atoms with E-state index < -0.39 is 5.60 Å². The lowest BCUT2D eigenvalue weighted by Gasteiger charge is -2.22. The highest BCUT2D eigenvalue weighted by atomic mass is 16.3. The Kier molecular flexibility index (Phi) is 3.61. The van der Waals surface area contributed by atoms with E-state index in [1.165, 1.54) is 0 Å². The quantitative estimate of drug-likeness (QED) is 0.864. The number of nitrogens with zero attached hydrogens (tertiary/aromatic N) is 3. The largest absolute Gasteiger partial charge is 0.367 e. The van der Waals surface area contributed by atoms with E-state index in [1.54, 1.807) is 35.9 Å². The number of hydrogen-bond donors (Lipinski definition) is 1. The summed E-state index contributed by atoms with van der Waals surface area (Å²) in [6, 6.07) is 14.7. The molecule has 0 saturated heterocycles. The summed E-state index contributed by atoms with van der Waals surface area (Å²) in [5.41, 5.74) is 1.11. The molecule has 1 aromatic carbocycles. The maximum Gasteiger partial charge on any atom is 0.217 e. The molecule has 0 aliphatic carbocycles. The second-order valence-electron chi connectivity index (χ2n) is 4.79. The molecule has 1 atom stereocenters. The average Bonchev–Trinajstić information content (AvgIpc) is 2.81. The van der Waals surface area contributed by atoms with Gasteiger partial charge in [0.05, 0.1) is 18.2 Å². The van der Waals surface area contributed by atoms with Crippen molar-refractivity contribution in [1.82, 2.24) is 4.57 Å². The predicted octanol–water partition coefficient (Wildman–Crippen LogP) is 2.16. The molecule has 1 unspecified atom stereocenters. The van der Waals surface area contributed by atoms with Crippen molar-refractivity contribution in [2.24, 2.45) is 7.05 Å². The van der Waals surface area contributed by atoms with Gasteiger partial charge in [0.2, 0.25) is 5.60 Å². The Morgan fingerprint density at radius 3 is 2.35 bits per heavy atom. The molecule has 4 nitrogen and oxygen atoms in total. The van der Waals surface area contributed by atoms with Gasteiger partial charge in [-0.25, -0.2) is 0 Å². The van der Waals surface area contributed by atoms with Crippen molar-refractivity contribution in [3.63, 3.8) is 0 Å². The van der Waals surface area contributed by atoms with Gasteiger partial charge in [-0.2, -0.15) is 10.5 Å². The van der Waals surface area contributed by atoms with Crippen LogP contribution >= 0.6 is 0 Å². The van der Waals surface area contributed by atoms with Gasteiger partial charge in [-0.05, 0) is 19.1 Å². The van der Waals surface area contributed by atoms with Gasteiger partial charge in [-0.1, -0.05) is 29.8 Å². The van der Waals surface area contributed by atoms with E-state index in [2.05, 4.69) is 6.07 Å². The molecule has 20 heavy (non-hydrogen) atoms. The Hall–Kier alpha value is -2.56. The molecule has 1 N–H and O–H groups in total. The first-order valence-electron chi connectivity index (χ1n) is 6.25. The predicted molar refractivity (Wildman–Crippen MR) is 74.5 cm³/mol. The fourth-order valence-corrected chi connectivity index (χ4v) is 2.24. The second-order valence-corrected chi connectivity index (χ2v) is 4.79. The molecule has 1 aromatic heterocycles. The molecule has 0 aliphatic heterocycles. The maximum atomic E-state index is 10.8. The molecule has 4 heteroatoms. The third-order valence-electron chi connectivity index (χ3n) is 3.49. The van der Waals surface area contributed by atoms with Gasteiger partial charge in [-0.15, -0.1) is 0 Å². The zero-order valence-corrected chi connectivity index (χ0v) is 11.5. The van der Waals surface area contributed by atoms with Crippen LogP contribution < -0.4 is 0 Å². The number of aromatic nitrogens is 1. The summed E-state index contributed by atoms with van der Waals surface area (Å²) in [7, 11) is 1.75. The van der Waals surface area contributed by atoms with Crippen molar-refractivity contribution in [3.05, 3.63) is 58.9 Å². The topological polar surface area (TPSA) is 72.7 Å². The molecule has 1 heterocycles. The number of hydrogen-bond acceptors (Lipinski definition) is 3. The molecular weight excluding hydrogens is 250 g/mol. The van der Waals surface area contributed by atoms with Crippen LogP contribution in [0.15, 0.2) is 36.4 Å². The monoisotopic (exact) mass is 265 g/mol. The van der Waals surface area contributed by atoms with Crippen LogP contribution in [0.1, 0.15) is 22.5 Å². The van der Waals surface area contributed by atoms with Crippen LogP contribution in [-0.4, -0.2) is 9.67 Å². The molecule has 0 saturated carbocycles. The number of rotatable bonds is 3. The lowest BCUT2D eigenvalue weighted by atomic mass is 9.91. The fourth-order valence-electron chi connectivity index (χ4n) is 2.24. The van der Waals surface area contributed by atoms with Crippen molar-refractivity contribution in [2.45, 2.75) is 18.9 Å². The first kappa shape index (κ1) is 13.9. The van der Waals surface area contributed by atoms with Gasteiger partial charge >= 0.3 is 0 Å². The minimum Gasteiger partial charge on any atom is -0.367 e. The van der Waals surface area contributed by atoms with Crippen LogP contribution in [0.3, 0.4) is 0 Å². The van der Waals surface area contributed by atoms with Crippen molar-refractivity contribution in [2.75, 3.05) is 0 Å². The third-order valence-corrected chi connectivity index (χ3v) is 3.49. The Bertz CT molecular complexity index is 701. The van der Waals surface area contributed by atoms with Gasteiger partial charge in [0.25, 0.3) is 0 Å². The van der Waals surface area contributed by atoms with Gasteiger partial charge < -0.3 is 9.67 Å². The Morgan fingerprint density at radius 1 is 1.15 bits per heavy atom. The zero-order valence-electron chi connectivity index (χ0n) is 11.5. The van der Waals surface area contributed by atoms with E-state index in [9.17, 15) is 10.4 Å². The zero-order chi connectivity index (χ0) is 14.8. The number of aryl methyl sites for hydroxylation is 1. The highest BCUT2D eigenvalue weighted by Crippen LogP contribution is 2.30. The highest BCUT2D eigenvalue weighted by Gasteiger charge is 2.34. The second kappa shape index (κ2) is 5.21. The van der Waals surface area contributed by atoms with Crippen LogP contribution in [0, 0.1) is 29.6 Å². The standard InChI is InChI=1S/C16H15N3O/c1-12-3-5-13(6-4-12)16(20,11-18)15-8-7-14(9-10-17)19(15)2/h3-8,20H,9H2,1-2H3. The van der Waals surface area contributed by atoms with Crippen LogP contribution in [-0.2, 0) is 19.1 Å². The van der Waals surface area contributed by atoms with E-state index in [0.717, 1.165) is 11.3 Å². The summed E-state index contributed by atoms with van der Waals surface area (Å²) < 4.78 is 1.70. The van der Waals surface area contributed by atoms with Crippen LogP contribution in [0.2, 0.25) is 0 Å². The normalized spacial score (nSPS) is 13.2. The van der Waals surface area contributed by atoms with E-state index in [-0.39, 0.29) is 6.42 Å². The van der Waals surface area contributed by atoms with E-state index in [1.807, 2.05) is 25.1 Å². The molecule has 0 fully saturated rings. The van der Waals surface area contributed by atoms with E-state index >= 15 is 0 Å². The summed E-state index contributed by atoms with van der Waals surface area (Å²) in [6.45, 7) is 1.95. The summed E-state index contributed by atoms with van der Waals surface area (Å²) >= 11 is 0. The van der Waals surface area contributed by atoms with Crippen LogP contribution in [0.25, 0.3) is 0 Å². The molecule has 100 valence electrons. The lowest BCUT2D eigenvalue weighted by Crippen LogP contribution is -2.28. The van der Waals surface area contributed by atoms with Gasteiger partial charge in [0.1, 0.15) is 6.07 Å². The molecule has 2 rings (SSSR count). The summed E-state index contributed by atoms with van der Waals surface area (Å²) in [4.78, 5) is 0. The van der Waals surface area contributed by atoms with E-state index in [4.69, 9.17) is 5.26 Å². The molecule has 0 amide bonds. The third kappa shape index (κ3) is 2.18. The SMILES string of the molecule is Cc1ccc(C(O)(C#N)c2ccc(CC#N)n2C)cc1. The number of aliphatic hydroxyl groups is 1. The summed E-state index contributed by atoms with van der Waals surface area (Å²) in [5.74, 6) is 0. The Morgan fingerprint density at radius 2 is 1.80 bits per heavy atom. The molecule has 0 aliphatic rings. The maximum absolute atomic E-state index is 10.8. The fraction of sp³-hybridized carbons (Fsp3) is 0.250. The Balaban J connectivity index is 2.55. The van der Waals surface area contributed by atoms with Gasteiger partial charge in [-0.3, -0.25) is 0 Å². The first-order valence-corrected chi connectivity index (χ1v) is 6.25. The summed E-state index contributed by atoms with van der Waals surface area (Å²) in [6.07, 6.45) is 0.242. The minimum atomic E-state index is -1.71. The van der Waals surface area contributed by atoms with Gasteiger partial charge in [0, 0.05) is 18.3 Å². The highest BCUT2D eigenvalue weighted by molar-refractivity contribution is 5.41. The number of benzene rings is 1. The molecule has 0 radical (unpaired) electrons.